The van der Waals surface area contributed by atoms with Crippen LogP contribution in [0.4, 0.5) is 0 Å². The quantitative estimate of drug-likeness (QED) is 0.0751. The van der Waals surface area contributed by atoms with Crippen molar-refractivity contribution in [3.63, 3.8) is 0 Å². The molecule has 2 radical (unpaired) electrons. The third-order valence-electron chi connectivity index (χ3n) is 3.64. The molecule has 0 bridgehead atoms. The maximum absolute atomic E-state index is 10.2. The molecule has 0 unspecified atom stereocenters. The van der Waals surface area contributed by atoms with Crippen molar-refractivity contribution in [2.45, 2.75) is 96.8 Å². The summed E-state index contributed by atoms with van der Waals surface area (Å²) in [6.45, 7) is 2.26. The van der Waals surface area contributed by atoms with Gasteiger partial charge < -0.3 is 55.9 Å². The minimum atomic E-state index is -1.75. The van der Waals surface area contributed by atoms with Crippen molar-refractivity contribution in [2.75, 3.05) is 0 Å². The Morgan fingerprint density at radius 3 is 1.18 bits per heavy atom. The van der Waals surface area contributed by atoms with E-state index in [-0.39, 0.29) is 84.0 Å². The van der Waals surface area contributed by atoms with E-state index in [2.05, 4.69) is 19.1 Å². The molecule has 0 amide bonds. The maximum Gasteiger partial charge on any atom is 3.00 e. The summed E-state index contributed by atoms with van der Waals surface area (Å²) in [5, 5.41) is 54.5. The number of carbonyl (C=O) groups excluding carboxylic acids is 1. The van der Waals surface area contributed by atoms with Gasteiger partial charge in [-0.15, -0.1) is 0 Å². The molecule has 0 aliphatic heterocycles. The van der Waals surface area contributed by atoms with Gasteiger partial charge in [0.25, 0.3) is 0 Å². The van der Waals surface area contributed by atoms with E-state index in [1.54, 1.807) is 0 Å². The molecule has 0 aromatic heterocycles. The summed E-state index contributed by atoms with van der Waals surface area (Å²) in [6, 6.07) is 0. The normalized spacial score (nSPS) is 8.74. The van der Waals surface area contributed by atoms with Gasteiger partial charge in [0.15, 0.2) is 0 Å². The fraction of sp³-hybridized carbons (Fsp3) is 0.833. The Morgan fingerprint density at radius 1 is 0.618 bits per heavy atom. The number of rotatable bonds is 15. The predicted molar refractivity (Wildman–Crippen MR) is 121 cm³/mol. The minimum Gasteiger partial charge on any atom is -0.550 e. The fourth-order valence-corrected chi connectivity index (χ4v) is 2.34. The Labute approximate surface area is 261 Å². The summed E-state index contributed by atoms with van der Waals surface area (Å²) in [5.74, 6) is -0.914. The first-order chi connectivity index (χ1) is 15.0. The zero-order valence-corrected chi connectivity index (χ0v) is 26.4. The predicted octanol–water partition coefficient (Wildman–Crippen LogP) is 0.680. The average Bonchev–Trinajstić information content (AvgIpc) is 2.63. The van der Waals surface area contributed by atoms with Crippen molar-refractivity contribution in [2.24, 2.45) is 0 Å². The van der Waals surface area contributed by atoms with Crippen molar-refractivity contribution >= 4 is 32.2 Å². The van der Waals surface area contributed by atoms with Gasteiger partial charge >= 0.3 is 77.6 Å². The van der Waals surface area contributed by atoms with E-state index in [9.17, 15) is 9.90 Å². The van der Waals surface area contributed by atoms with Crippen LogP contribution in [0, 0.1) is 46.0 Å². The number of carbonyl (C=O) groups is 1. The largest absolute Gasteiger partial charge is 3.00 e. The van der Waals surface area contributed by atoms with Gasteiger partial charge in [0.05, 0.1) is 15.3 Å². The van der Waals surface area contributed by atoms with Gasteiger partial charge in [-0.2, -0.15) is 0 Å². The molecule has 0 fully saturated rings. The number of carboxylic acid groups (broad SMARTS) is 1. The number of hydrogen-bond acceptors (Lipinski definition) is 11. The average molecular weight is 716 g/mol. The number of unbranched alkanes of at least 4 members (excludes halogenated alkanes) is 11. The van der Waals surface area contributed by atoms with Gasteiger partial charge in [0.1, 0.15) is 0 Å². The van der Waals surface area contributed by atoms with Crippen molar-refractivity contribution in [3.8, 4) is 0 Å². The Bertz CT molecular complexity index is 461. The molecule has 0 aromatic carbocycles. The number of hydrogen-bond donors (Lipinski definition) is 0. The van der Waals surface area contributed by atoms with Crippen LogP contribution in [0.1, 0.15) is 96.8 Å². The summed E-state index contributed by atoms with van der Waals surface area (Å²) in [7, 11) is 0. The van der Waals surface area contributed by atoms with Gasteiger partial charge in [0, 0.05) is 5.97 Å². The molecular formula is C18H33BiKN3O11. The molecule has 16 heteroatoms. The fourth-order valence-electron chi connectivity index (χ4n) is 2.34. The van der Waals surface area contributed by atoms with Gasteiger partial charge in [-0.3, -0.25) is 0 Å². The van der Waals surface area contributed by atoms with Crippen LogP contribution in [0.3, 0.4) is 0 Å². The van der Waals surface area contributed by atoms with Crippen LogP contribution >= 0.6 is 0 Å². The van der Waals surface area contributed by atoms with Crippen molar-refractivity contribution < 1.29 is 76.5 Å². The molecular weight excluding hydrogens is 682 g/mol. The Morgan fingerprint density at radius 2 is 0.882 bits per heavy atom. The van der Waals surface area contributed by atoms with E-state index < -0.39 is 21.2 Å². The molecule has 14 nitrogen and oxygen atoms in total. The molecule has 0 aliphatic carbocycles. The van der Waals surface area contributed by atoms with Crippen LogP contribution in [0.5, 0.6) is 0 Å². The smallest absolute Gasteiger partial charge is 0.550 e. The van der Waals surface area contributed by atoms with Gasteiger partial charge in [-0.05, 0) is 38.5 Å². The van der Waals surface area contributed by atoms with E-state index in [4.69, 9.17) is 46.0 Å². The van der Waals surface area contributed by atoms with Crippen LogP contribution in [-0.4, -0.2) is 47.4 Å². The zero-order chi connectivity index (χ0) is 25.6. The molecule has 0 aromatic rings. The number of carboxylic acids is 1. The first-order valence-electron chi connectivity index (χ1n) is 10.3. The molecule has 0 aliphatic rings. The summed E-state index contributed by atoms with van der Waals surface area (Å²) < 4.78 is 0. The zero-order valence-electron chi connectivity index (χ0n) is 19.8. The second-order valence-corrected chi connectivity index (χ2v) is 6.38. The molecule has 0 rings (SSSR count). The summed E-state index contributed by atoms with van der Waals surface area (Å²) in [4.78, 5) is 35.0. The molecule has 0 N–H and O–H groups in total. The van der Waals surface area contributed by atoms with E-state index in [0.29, 0.717) is 0 Å². The molecule has 0 saturated heterocycles. The Hall–Kier alpha value is -0.671. The maximum atomic E-state index is 10.2. The van der Waals surface area contributed by atoms with E-state index in [1.807, 2.05) is 0 Å². The summed E-state index contributed by atoms with van der Waals surface area (Å²) >= 11 is 0. The third kappa shape index (κ3) is 108. The van der Waals surface area contributed by atoms with Crippen LogP contribution in [0.2, 0.25) is 0 Å². The van der Waals surface area contributed by atoms with Crippen LogP contribution in [0.25, 0.3) is 0 Å². The Balaban J connectivity index is -0.000000116. The molecule has 192 valence electrons. The van der Waals surface area contributed by atoms with Crippen molar-refractivity contribution in [1.29, 1.82) is 0 Å². The third-order valence-corrected chi connectivity index (χ3v) is 3.64. The summed E-state index contributed by atoms with van der Waals surface area (Å²) in [6.07, 6.45) is 20.9. The number of aliphatic carboxylic acids is 1. The second-order valence-electron chi connectivity index (χ2n) is 6.38. The SMILES string of the molecule is CCCCCCCC/C=C\CCCCCCCC(=O)[O-].O=[N+]([O-])[O-].O=[N+]([O-])[O-].O=[N+]([O-])[O-].[Bi+3].[K+]. The number of allylic oxidation sites excluding steroid dienone is 2. The van der Waals surface area contributed by atoms with Gasteiger partial charge in [-0.25, -0.2) is 0 Å². The van der Waals surface area contributed by atoms with Crippen LogP contribution in [-0.2, 0) is 4.79 Å². The van der Waals surface area contributed by atoms with Crippen molar-refractivity contribution in [3.05, 3.63) is 58.1 Å². The molecule has 0 atom stereocenters. The minimum absolute atomic E-state index is 0. The molecule has 34 heavy (non-hydrogen) atoms. The van der Waals surface area contributed by atoms with Gasteiger partial charge in [0.2, 0.25) is 0 Å². The standard InChI is InChI=1S/C18H34O2.Bi.K.3NO3/c1-2-3-4-5-6-7-8-9-10-11-12-13-14-15-16-17-18(19)20;;;3*2-1(3)4/h9-10H,2-8,11-17H2,1H3,(H,19,20);;;;;/q;+3;+1;3*-1/p-1/b10-9-;;;;;. The van der Waals surface area contributed by atoms with Crippen LogP contribution in [0.15, 0.2) is 12.2 Å². The van der Waals surface area contributed by atoms with Gasteiger partial charge in [-0.1, -0.05) is 70.4 Å². The molecule has 0 heterocycles. The second kappa shape index (κ2) is 42.5. The molecule has 0 saturated carbocycles. The summed E-state index contributed by atoms with van der Waals surface area (Å²) in [5.41, 5.74) is 0. The van der Waals surface area contributed by atoms with Crippen LogP contribution < -0.4 is 56.5 Å². The van der Waals surface area contributed by atoms with E-state index in [1.165, 1.54) is 64.2 Å². The Kier molecular flexibility index (Phi) is 58.3. The monoisotopic (exact) mass is 715 g/mol. The van der Waals surface area contributed by atoms with Crippen molar-refractivity contribution in [1.82, 2.24) is 0 Å². The van der Waals surface area contributed by atoms with E-state index >= 15 is 0 Å². The molecule has 0 spiro atoms. The topological polar surface area (TPSA) is 239 Å². The van der Waals surface area contributed by atoms with E-state index in [0.717, 1.165) is 19.3 Å². The first-order valence-corrected chi connectivity index (χ1v) is 10.3. The first kappa shape index (κ1) is 46.6. The number of nitrogens with zero attached hydrogens (tertiary/aromatic N) is 3.